The molecule has 0 atom stereocenters. The van der Waals surface area contributed by atoms with E-state index in [9.17, 15) is 4.39 Å². The standard InChI is InChI=1S/C21H17FN4/c1-13-15(16-7-3-4-8-17(16)22)9-10-18-19(13)21(23-2)26-20(25-18)14-6-5-11-24-12-14/h3-12H,1-2H3,(H,23,25,26). The number of fused-ring (bicyclic) bond motifs is 1. The molecule has 1 N–H and O–H groups in total. The molecule has 2 aromatic heterocycles. The van der Waals surface area contributed by atoms with Crippen molar-refractivity contribution in [3.63, 3.8) is 0 Å². The second kappa shape index (κ2) is 6.52. The molecule has 4 rings (SSSR count). The van der Waals surface area contributed by atoms with Gasteiger partial charge in [0.15, 0.2) is 5.82 Å². The van der Waals surface area contributed by atoms with Gasteiger partial charge in [-0.1, -0.05) is 24.3 Å². The molecule has 0 aliphatic rings. The van der Waals surface area contributed by atoms with Crippen LogP contribution in [0.3, 0.4) is 0 Å². The molecule has 0 spiro atoms. The SMILES string of the molecule is CNc1nc(-c2cccnc2)nc2ccc(-c3ccccc3F)c(C)c12. The van der Waals surface area contributed by atoms with Crippen LogP contribution >= 0.6 is 0 Å². The summed E-state index contributed by atoms with van der Waals surface area (Å²) < 4.78 is 14.3. The molecule has 0 unspecified atom stereocenters. The summed E-state index contributed by atoms with van der Waals surface area (Å²) in [6, 6.07) is 14.4. The number of aryl methyl sites for hydroxylation is 1. The first-order chi connectivity index (χ1) is 12.7. The number of benzene rings is 2. The lowest BCUT2D eigenvalue weighted by Gasteiger charge is -2.14. The third-order valence-electron chi connectivity index (χ3n) is 4.44. The zero-order chi connectivity index (χ0) is 18.1. The van der Waals surface area contributed by atoms with E-state index in [1.165, 1.54) is 6.07 Å². The molecule has 2 heterocycles. The van der Waals surface area contributed by atoms with Gasteiger partial charge in [-0.25, -0.2) is 14.4 Å². The van der Waals surface area contributed by atoms with Crippen molar-refractivity contribution in [2.75, 3.05) is 12.4 Å². The van der Waals surface area contributed by atoms with Crippen molar-refractivity contribution in [2.24, 2.45) is 0 Å². The van der Waals surface area contributed by atoms with E-state index in [1.807, 2.05) is 44.3 Å². The Morgan fingerprint density at radius 3 is 2.50 bits per heavy atom. The summed E-state index contributed by atoms with van der Waals surface area (Å²) in [5, 5.41) is 4.04. The monoisotopic (exact) mass is 344 g/mol. The van der Waals surface area contributed by atoms with Gasteiger partial charge in [-0.15, -0.1) is 0 Å². The first kappa shape index (κ1) is 16.1. The molecule has 0 saturated carbocycles. The minimum atomic E-state index is -0.242. The maximum Gasteiger partial charge on any atom is 0.163 e. The normalized spacial score (nSPS) is 10.9. The molecule has 0 saturated heterocycles. The lowest BCUT2D eigenvalue weighted by molar-refractivity contribution is 0.631. The van der Waals surface area contributed by atoms with Crippen LogP contribution in [0.5, 0.6) is 0 Å². The number of halogens is 1. The average Bonchev–Trinajstić information content (AvgIpc) is 2.69. The number of hydrogen-bond donors (Lipinski definition) is 1. The Morgan fingerprint density at radius 1 is 0.923 bits per heavy atom. The minimum Gasteiger partial charge on any atom is -0.373 e. The van der Waals surface area contributed by atoms with Gasteiger partial charge in [0.1, 0.15) is 11.6 Å². The summed E-state index contributed by atoms with van der Waals surface area (Å²) >= 11 is 0. The smallest absolute Gasteiger partial charge is 0.163 e. The molecular formula is C21H17FN4. The Morgan fingerprint density at radius 2 is 1.77 bits per heavy atom. The highest BCUT2D eigenvalue weighted by Crippen LogP contribution is 2.34. The Bertz CT molecular complexity index is 1090. The van der Waals surface area contributed by atoms with Crippen molar-refractivity contribution in [3.8, 4) is 22.5 Å². The van der Waals surface area contributed by atoms with Gasteiger partial charge >= 0.3 is 0 Å². The van der Waals surface area contributed by atoms with Crippen molar-refractivity contribution < 1.29 is 4.39 Å². The number of nitrogens with one attached hydrogen (secondary N) is 1. The van der Waals surface area contributed by atoms with Gasteiger partial charge in [-0.05, 0) is 42.3 Å². The van der Waals surface area contributed by atoms with Crippen LogP contribution in [0.25, 0.3) is 33.4 Å². The summed E-state index contributed by atoms with van der Waals surface area (Å²) in [7, 11) is 1.82. The summed E-state index contributed by atoms with van der Waals surface area (Å²) in [6.45, 7) is 1.97. The number of hydrogen-bond acceptors (Lipinski definition) is 4. The third-order valence-corrected chi connectivity index (χ3v) is 4.44. The van der Waals surface area contributed by atoms with Crippen LogP contribution in [-0.4, -0.2) is 22.0 Å². The number of nitrogens with zero attached hydrogens (tertiary/aromatic N) is 3. The zero-order valence-corrected chi connectivity index (χ0v) is 14.5. The predicted octanol–water partition coefficient (Wildman–Crippen LogP) is 4.85. The summed E-state index contributed by atoms with van der Waals surface area (Å²) in [5.41, 5.74) is 4.01. The lowest BCUT2D eigenvalue weighted by atomic mass is 9.96. The Kier molecular flexibility index (Phi) is 4.05. The maximum absolute atomic E-state index is 14.3. The van der Waals surface area contributed by atoms with Crippen molar-refractivity contribution in [1.82, 2.24) is 15.0 Å². The summed E-state index contributed by atoms with van der Waals surface area (Å²) in [5.74, 6) is 1.08. The molecule has 0 bridgehead atoms. The van der Waals surface area contributed by atoms with Gasteiger partial charge in [-0.2, -0.15) is 0 Å². The van der Waals surface area contributed by atoms with E-state index in [2.05, 4.69) is 20.3 Å². The molecule has 2 aromatic carbocycles. The van der Waals surface area contributed by atoms with Gasteiger partial charge < -0.3 is 5.32 Å². The molecule has 128 valence electrons. The van der Waals surface area contributed by atoms with E-state index in [-0.39, 0.29) is 5.82 Å². The van der Waals surface area contributed by atoms with Crippen LogP contribution in [0, 0.1) is 12.7 Å². The molecule has 0 radical (unpaired) electrons. The van der Waals surface area contributed by atoms with Crippen LogP contribution in [0.15, 0.2) is 60.9 Å². The van der Waals surface area contributed by atoms with Crippen LogP contribution < -0.4 is 5.32 Å². The number of aromatic nitrogens is 3. The maximum atomic E-state index is 14.3. The molecule has 5 heteroatoms. The highest BCUT2D eigenvalue weighted by Gasteiger charge is 2.15. The van der Waals surface area contributed by atoms with E-state index in [0.29, 0.717) is 17.2 Å². The molecule has 26 heavy (non-hydrogen) atoms. The van der Waals surface area contributed by atoms with Crippen LogP contribution in [0.2, 0.25) is 0 Å². The lowest BCUT2D eigenvalue weighted by Crippen LogP contribution is -2.01. The fourth-order valence-corrected chi connectivity index (χ4v) is 3.17. The van der Waals surface area contributed by atoms with E-state index in [4.69, 9.17) is 0 Å². The quantitative estimate of drug-likeness (QED) is 0.577. The largest absolute Gasteiger partial charge is 0.373 e. The second-order valence-corrected chi connectivity index (χ2v) is 6.00. The van der Waals surface area contributed by atoms with E-state index in [1.54, 1.807) is 24.5 Å². The number of pyridine rings is 1. The first-order valence-corrected chi connectivity index (χ1v) is 8.33. The van der Waals surface area contributed by atoms with Gasteiger partial charge in [0.25, 0.3) is 0 Å². The summed E-state index contributed by atoms with van der Waals surface area (Å²) in [4.78, 5) is 13.5. The van der Waals surface area contributed by atoms with Crippen LogP contribution in [0.4, 0.5) is 10.2 Å². The fourth-order valence-electron chi connectivity index (χ4n) is 3.17. The van der Waals surface area contributed by atoms with Crippen LogP contribution in [0.1, 0.15) is 5.56 Å². The predicted molar refractivity (Wildman–Crippen MR) is 102 cm³/mol. The molecule has 0 amide bonds. The fraction of sp³-hybridized carbons (Fsp3) is 0.0952. The highest BCUT2D eigenvalue weighted by atomic mass is 19.1. The zero-order valence-electron chi connectivity index (χ0n) is 14.5. The molecule has 0 aliphatic heterocycles. The first-order valence-electron chi connectivity index (χ1n) is 8.33. The van der Waals surface area contributed by atoms with Gasteiger partial charge in [0.2, 0.25) is 0 Å². The molecular weight excluding hydrogens is 327 g/mol. The average molecular weight is 344 g/mol. The number of rotatable bonds is 3. The molecule has 4 aromatic rings. The highest BCUT2D eigenvalue weighted by molar-refractivity contribution is 5.97. The van der Waals surface area contributed by atoms with Gasteiger partial charge in [-0.3, -0.25) is 4.98 Å². The molecule has 0 aliphatic carbocycles. The van der Waals surface area contributed by atoms with Gasteiger partial charge in [0.05, 0.1) is 5.52 Å². The van der Waals surface area contributed by atoms with E-state index in [0.717, 1.165) is 27.6 Å². The Hall–Kier alpha value is -3.34. The Labute approximate surface area is 150 Å². The summed E-state index contributed by atoms with van der Waals surface area (Å²) in [6.07, 6.45) is 3.45. The molecule has 4 nitrogen and oxygen atoms in total. The third kappa shape index (κ3) is 2.67. The molecule has 0 fully saturated rings. The minimum absolute atomic E-state index is 0.242. The van der Waals surface area contributed by atoms with E-state index < -0.39 is 0 Å². The van der Waals surface area contributed by atoms with E-state index >= 15 is 0 Å². The number of anilines is 1. The van der Waals surface area contributed by atoms with Crippen LogP contribution in [-0.2, 0) is 0 Å². The van der Waals surface area contributed by atoms with Crippen molar-refractivity contribution in [2.45, 2.75) is 6.92 Å². The van der Waals surface area contributed by atoms with Gasteiger partial charge in [0, 0.05) is 36.0 Å². The van der Waals surface area contributed by atoms with Crippen molar-refractivity contribution in [1.29, 1.82) is 0 Å². The van der Waals surface area contributed by atoms with Crippen molar-refractivity contribution in [3.05, 3.63) is 72.3 Å². The van der Waals surface area contributed by atoms with Crippen molar-refractivity contribution >= 4 is 16.7 Å². The Balaban J connectivity index is 1.97. The second-order valence-electron chi connectivity index (χ2n) is 6.00. The topological polar surface area (TPSA) is 50.7 Å².